The lowest BCUT2D eigenvalue weighted by Crippen LogP contribution is -2.53. The van der Waals surface area contributed by atoms with Crippen molar-refractivity contribution in [2.75, 3.05) is 23.7 Å². The molecule has 0 saturated carbocycles. The second kappa shape index (κ2) is 7.95. The molecule has 1 aliphatic rings. The number of aromatic nitrogens is 3. The van der Waals surface area contributed by atoms with Gasteiger partial charge in [-0.25, -0.2) is 23.2 Å². The highest BCUT2D eigenvalue weighted by Crippen LogP contribution is 2.35. The van der Waals surface area contributed by atoms with E-state index in [0.717, 1.165) is 6.07 Å². The molecular formula is C21H22F2N6O2. The van der Waals surface area contributed by atoms with Crippen LogP contribution in [0, 0.1) is 11.6 Å². The van der Waals surface area contributed by atoms with Gasteiger partial charge in [0, 0.05) is 36.1 Å². The third-order valence-electron chi connectivity index (χ3n) is 5.67. The maximum absolute atomic E-state index is 14.7. The first kappa shape index (κ1) is 20.7. The van der Waals surface area contributed by atoms with Gasteiger partial charge < -0.3 is 15.7 Å². The van der Waals surface area contributed by atoms with Gasteiger partial charge in [-0.3, -0.25) is 4.90 Å². The molecule has 4 rings (SSSR count). The molecule has 1 aliphatic heterocycles. The van der Waals surface area contributed by atoms with Crippen molar-refractivity contribution in [3.8, 4) is 0 Å². The molecular weight excluding hydrogens is 406 g/mol. The van der Waals surface area contributed by atoms with Crippen LogP contribution in [0.4, 0.5) is 25.0 Å². The standard InChI is InChI=1S/C21H22F2N6O2/c1-14(28-8-9-29(20(28)30)17-5-3-16(24)4-6-17)21(31,11-27-13-25-12-26-27)18-7-2-15(22)10-19(18)23/h2-7,10,12-14,31H,8-9,11,24H2,1H3/t14-,21-/m1/s1. The summed E-state index contributed by atoms with van der Waals surface area (Å²) in [5.41, 5.74) is 4.95. The summed E-state index contributed by atoms with van der Waals surface area (Å²) in [6.07, 6.45) is 2.67. The molecule has 8 nitrogen and oxygen atoms in total. The molecule has 0 bridgehead atoms. The molecule has 0 aliphatic carbocycles. The van der Waals surface area contributed by atoms with E-state index in [1.165, 1.54) is 28.3 Å². The summed E-state index contributed by atoms with van der Waals surface area (Å²) < 4.78 is 29.6. The van der Waals surface area contributed by atoms with E-state index in [1.807, 2.05) is 0 Å². The molecule has 0 radical (unpaired) electrons. The van der Waals surface area contributed by atoms with E-state index >= 15 is 0 Å². The molecule has 1 aromatic heterocycles. The van der Waals surface area contributed by atoms with Gasteiger partial charge in [0.25, 0.3) is 0 Å². The number of halogens is 2. The summed E-state index contributed by atoms with van der Waals surface area (Å²) in [6, 6.07) is 8.65. The monoisotopic (exact) mass is 428 g/mol. The van der Waals surface area contributed by atoms with Crippen molar-refractivity contribution in [2.24, 2.45) is 0 Å². The number of nitrogens with two attached hydrogens (primary N) is 1. The second-order valence-electron chi connectivity index (χ2n) is 7.54. The highest BCUT2D eigenvalue weighted by atomic mass is 19.1. The van der Waals surface area contributed by atoms with Crippen LogP contribution in [0.15, 0.2) is 55.1 Å². The number of aliphatic hydroxyl groups is 1. The highest BCUT2D eigenvalue weighted by Gasteiger charge is 2.46. The first-order valence-corrected chi connectivity index (χ1v) is 9.73. The molecule has 3 aromatic rings. The van der Waals surface area contributed by atoms with Gasteiger partial charge in [0.1, 0.15) is 29.9 Å². The Morgan fingerprint density at radius 2 is 1.94 bits per heavy atom. The van der Waals surface area contributed by atoms with E-state index in [0.29, 0.717) is 30.5 Å². The van der Waals surface area contributed by atoms with E-state index in [4.69, 9.17) is 5.73 Å². The van der Waals surface area contributed by atoms with Crippen molar-refractivity contribution in [3.05, 3.63) is 72.3 Å². The molecule has 162 valence electrons. The molecule has 1 fully saturated rings. The molecule has 2 heterocycles. The Hall–Kier alpha value is -3.53. The van der Waals surface area contributed by atoms with Crippen molar-refractivity contribution >= 4 is 17.4 Å². The van der Waals surface area contributed by atoms with Crippen LogP contribution in [0.2, 0.25) is 0 Å². The predicted molar refractivity (Wildman–Crippen MR) is 110 cm³/mol. The molecule has 1 saturated heterocycles. The quantitative estimate of drug-likeness (QED) is 0.587. The molecule has 2 aromatic carbocycles. The SMILES string of the molecule is C[C@@H](N1CCN(c2ccc(N)cc2)C1=O)[C@](O)(Cn1cncn1)c1ccc(F)cc1F. The number of hydrogen-bond acceptors (Lipinski definition) is 5. The lowest BCUT2D eigenvalue weighted by Gasteiger charge is -2.39. The van der Waals surface area contributed by atoms with Crippen molar-refractivity contribution in [1.29, 1.82) is 0 Å². The number of urea groups is 1. The van der Waals surface area contributed by atoms with Crippen molar-refractivity contribution in [1.82, 2.24) is 19.7 Å². The van der Waals surface area contributed by atoms with E-state index in [2.05, 4.69) is 10.1 Å². The fourth-order valence-corrected chi connectivity index (χ4v) is 3.91. The summed E-state index contributed by atoms with van der Waals surface area (Å²) >= 11 is 0. The van der Waals surface area contributed by atoms with Gasteiger partial charge in [0.2, 0.25) is 0 Å². The summed E-state index contributed by atoms with van der Waals surface area (Å²) in [5, 5.41) is 15.7. The third kappa shape index (κ3) is 3.81. The van der Waals surface area contributed by atoms with Gasteiger partial charge in [-0.05, 0) is 37.3 Å². The first-order chi connectivity index (χ1) is 14.8. The zero-order valence-corrected chi connectivity index (χ0v) is 16.8. The van der Waals surface area contributed by atoms with Crippen LogP contribution in [-0.2, 0) is 12.1 Å². The normalized spacial score (nSPS) is 17.1. The Morgan fingerprint density at radius 1 is 1.19 bits per heavy atom. The first-order valence-electron chi connectivity index (χ1n) is 9.73. The number of anilines is 2. The largest absolute Gasteiger partial charge is 0.399 e. The Morgan fingerprint density at radius 3 is 2.58 bits per heavy atom. The van der Waals surface area contributed by atoms with E-state index in [-0.39, 0.29) is 18.1 Å². The summed E-state index contributed by atoms with van der Waals surface area (Å²) in [7, 11) is 0. The fourth-order valence-electron chi connectivity index (χ4n) is 3.91. The van der Waals surface area contributed by atoms with Crippen LogP contribution >= 0.6 is 0 Å². The Balaban J connectivity index is 1.68. The Kier molecular flexibility index (Phi) is 5.32. The van der Waals surface area contributed by atoms with Crippen molar-refractivity contribution < 1.29 is 18.7 Å². The zero-order valence-electron chi connectivity index (χ0n) is 16.8. The minimum absolute atomic E-state index is 0.129. The molecule has 2 atom stereocenters. The van der Waals surface area contributed by atoms with Crippen LogP contribution in [0.5, 0.6) is 0 Å². The number of rotatable bonds is 6. The molecule has 0 spiro atoms. The number of carbonyl (C=O) groups excluding carboxylic acids is 1. The molecule has 10 heteroatoms. The maximum atomic E-state index is 14.7. The van der Waals surface area contributed by atoms with Crippen LogP contribution < -0.4 is 10.6 Å². The van der Waals surface area contributed by atoms with E-state index < -0.39 is 23.3 Å². The Labute approximate surface area is 177 Å². The van der Waals surface area contributed by atoms with Gasteiger partial charge in [0.05, 0.1) is 12.6 Å². The molecule has 3 N–H and O–H groups in total. The second-order valence-corrected chi connectivity index (χ2v) is 7.54. The van der Waals surface area contributed by atoms with E-state index in [9.17, 15) is 18.7 Å². The maximum Gasteiger partial charge on any atom is 0.324 e. The average Bonchev–Trinajstić information content (AvgIpc) is 3.37. The van der Waals surface area contributed by atoms with Gasteiger partial charge >= 0.3 is 6.03 Å². The lowest BCUT2D eigenvalue weighted by molar-refractivity contribution is -0.0475. The fraction of sp³-hybridized carbons (Fsp3) is 0.286. The van der Waals surface area contributed by atoms with Crippen molar-refractivity contribution in [2.45, 2.75) is 25.1 Å². The minimum atomic E-state index is -1.89. The summed E-state index contributed by atoms with van der Waals surface area (Å²) in [6.45, 7) is 2.15. The smallest absolute Gasteiger partial charge is 0.324 e. The minimum Gasteiger partial charge on any atom is -0.399 e. The number of nitrogens with zero attached hydrogens (tertiary/aromatic N) is 5. The van der Waals surface area contributed by atoms with Gasteiger partial charge in [0.15, 0.2) is 0 Å². The van der Waals surface area contributed by atoms with Crippen LogP contribution in [-0.4, -0.2) is 49.9 Å². The van der Waals surface area contributed by atoms with Crippen LogP contribution in [0.1, 0.15) is 12.5 Å². The number of carbonyl (C=O) groups is 1. The topological polar surface area (TPSA) is 101 Å². The summed E-state index contributed by atoms with van der Waals surface area (Å²) in [4.78, 5) is 20.1. The number of amides is 2. The van der Waals surface area contributed by atoms with Gasteiger partial charge in [-0.15, -0.1) is 0 Å². The van der Waals surface area contributed by atoms with Crippen LogP contribution in [0.3, 0.4) is 0 Å². The number of hydrogen-bond donors (Lipinski definition) is 2. The zero-order chi connectivity index (χ0) is 22.2. The molecule has 0 unspecified atom stereocenters. The van der Waals surface area contributed by atoms with E-state index in [1.54, 1.807) is 36.1 Å². The van der Waals surface area contributed by atoms with Crippen molar-refractivity contribution in [3.63, 3.8) is 0 Å². The average molecular weight is 428 g/mol. The number of benzene rings is 2. The third-order valence-corrected chi connectivity index (χ3v) is 5.67. The summed E-state index contributed by atoms with van der Waals surface area (Å²) in [5.74, 6) is -1.67. The van der Waals surface area contributed by atoms with Gasteiger partial charge in [-0.1, -0.05) is 6.07 Å². The highest BCUT2D eigenvalue weighted by molar-refractivity contribution is 5.94. The molecule has 31 heavy (non-hydrogen) atoms. The van der Waals surface area contributed by atoms with Crippen LogP contribution in [0.25, 0.3) is 0 Å². The molecule has 2 amide bonds. The lowest BCUT2D eigenvalue weighted by atomic mass is 9.85. The Bertz CT molecular complexity index is 1080. The van der Waals surface area contributed by atoms with Gasteiger partial charge in [-0.2, -0.15) is 5.10 Å². The predicted octanol–water partition coefficient (Wildman–Crippen LogP) is 2.36. The number of nitrogen functional groups attached to an aromatic ring is 1.